The first-order valence-corrected chi connectivity index (χ1v) is 8.11. The molecular weight excluding hydrogens is 364 g/mol. The number of H-pyrrole nitrogens is 1. The van der Waals surface area contributed by atoms with E-state index in [2.05, 4.69) is 15.2 Å². The van der Waals surface area contributed by atoms with Crippen molar-refractivity contribution in [3.8, 4) is 28.3 Å². The lowest BCUT2D eigenvalue weighted by atomic mass is 10.0. The van der Waals surface area contributed by atoms with Crippen molar-refractivity contribution in [1.29, 1.82) is 0 Å². The quantitative estimate of drug-likeness (QED) is 0.365. The number of benzene rings is 2. The summed E-state index contributed by atoms with van der Waals surface area (Å²) in [5.41, 5.74) is 1.60. The fourth-order valence-corrected chi connectivity index (χ4v) is 2.98. The Bertz CT molecular complexity index is 1230. The molecule has 9 nitrogen and oxygen atoms in total. The van der Waals surface area contributed by atoms with E-state index in [1.807, 2.05) is 0 Å². The molecule has 0 radical (unpaired) electrons. The van der Waals surface area contributed by atoms with Crippen molar-refractivity contribution in [1.82, 2.24) is 15.2 Å². The van der Waals surface area contributed by atoms with Crippen LogP contribution < -0.4 is 0 Å². The standard InChI is InChI=1S/C19H12N4O5/c24-15-4-2-1-3-12(15)14-9-13(19(25)26)16-17(21-22-18(16)20-14)10-5-7-11(8-6-10)23(27)28/h1-9,24H,(H,25,26)(H,20,21,22). The van der Waals surface area contributed by atoms with Gasteiger partial charge >= 0.3 is 5.97 Å². The molecule has 0 atom stereocenters. The normalized spacial score (nSPS) is 10.9. The Morgan fingerprint density at radius 2 is 1.82 bits per heavy atom. The number of aromatic amines is 1. The second kappa shape index (κ2) is 6.47. The van der Waals surface area contributed by atoms with Crippen LogP contribution in [0.5, 0.6) is 5.75 Å². The number of nitrogens with zero attached hydrogens (tertiary/aromatic N) is 3. The van der Waals surface area contributed by atoms with E-state index in [1.54, 1.807) is 18.2 Å². The number of rotatable bonds is 4. The molecule has 2 heterocycles. The van der Waals surface area contributed by atoms with Gasteiger partial charge in [-0.05, 0) is 30.3 Å². The maximum atomic E-state index is 11.9. The van der Waals surface area contributed by atoms with Gasteiger partial charge in [0.25, 0.3) is 5.69 Å². The average Bonchev–Trinajstić information content (AvgIpc) is 3.11. The third-order valence-corrected chi connectivity index (χ3v) is 4.30. The van der Waals surface area contributed by atoms with Crippen LogP contribution in [0, 0.1) is 10.1 Å². The minimum absolute atomic E-state index is 0.0307. The zero-order chi connectivity index (χ0) is 19.8. The zero-order valence-electron chi connectivity index (χ0n) is 14.2. The van der Waals surface area contributed by atoms with Gasteiger partial charge in [0.1, 0.15) is 5.75 Å². The molecule has 2 aromatic heterocycles. The first-order chi connectivity index (χ1) is 13.5. The number of pyridine rings is 1. The summed E-state index contributed by atoms with van der Waals surface area (Å²) in [7, 11) is 0. The van der Waals surface area contributed by atoms with Gasteiger partial charge in [0.15, 0.2) is 5.65 Å². The molecule has 28 heavy (non-hydrogen) atoms. The lowest BCUT2D eigenvalue weighted by Gasteiger charge is -2.07. The largest absolute Gasteiger partial charge is 0.507 e. The Kier molecular flexibility index (Phi) is 3.96. The highest BCUT2D eigenvalue weighted by Gasteiger charge is 2.21. The van der Waals surface area contributed by atoms with E-state index in [1.165, 1.54) is 36.4 Å². The monoisotopic (exact) mass is 376 g/mol. The number of aromatic carboxylic acids is 1. The zero-order valence-corrected chi connectivity index (χ0v) is 14.2. The smallest absolute Gasteiger partial charge is 0.336 e. The number of para-hydroxylation sites is 1. The second-order valence-corrected chi connectivity index (χ2v) is 5.98. The lowest BCUT2D eigenvalue weighted by Crippen LogP contribution is -2.00. The van der Waals surface area contributed by atoms with Crippen molar-refractivity contribution in [3.63, 3.8) is 0 Å². The molecule has 0 saturated heterocycles. The molecular formula is C19H12N4O5. The van der Waals surface area contributed by atoms with Crippen molar-refractivity contribution in [2.45, 2.75) is 0 Å². The van der Waals surface area contributed by atoms with E-state index in [9.17, 15) is 25.1 Å². The van der Waals surface area contributed by atoms with Gasteiger partial charge < -0.3 is 10.2 Å². The highest BCUT2D eigenvalue weighted by molar-refractivity contribution is 6.08. The van der Waals surface area contributed by atoms with Gasteiger partial charge in [-0.15, -0.1) is 0 Å². The summed E-state index contributed by atoms with van der Waals surface area (Å²) in [4.78, 5) is 26.6. The fourth-order valence-electron chi connectivity index (χ4n) is 2.98. The van der Waals surface area contributed by atoms with Crippen molar-refractivity contribution in [2.75, 3.05) is 0 Å². The van der Waals surface area contributed by atoms with Gasteiger partial charge in [-0.3, -0.25) is 15.2 Å². The van der Waals surface area contributed by atoms with E-state index in [0.717, 1.165) is 0 Å². The molecule has 0 aliphatic rings. The van der Waals surface area contributed by atoms with Gasteiger partial charge in [-0.1, -0.05) is 12.1 Å². The highest BCUT2D eigenvalue weighted by Crippen LogP contribution is 2.34. The number of hydrogen-bond acceptors (Lipinski definition) is 6. The third kappa shape index (κ3) is 2.80. The minimum Gasteiger partial charge on any atom is -0.507 e. The summed E-state index contributed by atoms with van der Waals surface area (Å²) in [6.07, 6.45) is 0. The number of carbonyl (C=O) groups is 1. The summed E-state index contributed by atoms with van der Waals surface area (Å²) >= 11 is 0. The second-order valence-electron chi connectivity index (χ2n) is 5.98. The molecule has 0 unspecified atom stereocenters. The molecule has 9 heteroatoms. The number of nitrogens with one attached hydrogen (secondary N) is 1. The summed E-state index contributed by atoms with van der Waals surface area (Å²) in [5, 5.41) is 37.7. The highest BCUT2D eigenvalue weighted by atomic mass is 16.6. The first-order valence-electron chi connectivity index (χ1n) is 8.11. The number of carboxylic acid groups (broad SMARTS) is 1. The lowest BCUT2D eigenvalue weighted by molar-refractivity contribution is -0.384. The summed E-state index contributed by atoms with van der Waals surface area (Å²) in [6.45, 7) is 0. The maximum absolute atomic E-state index is 11.9. The number of fused-ring (bicyclic) bond motifs is 1. The first kappa shape index (κ1) is 17.2. The number of non-ortho nitro benzene ring substituents is 1. The number of aromatic hydroxyl groups is 1. The Labute approximate surface area is 157 Å². The van der Waals surface area contributed by atoms with Gasteiger partial charge in [0.05, 0.1) is 27.3 Å². The van der Waals surface area contributed by atoms with Crippen molar-refractivity contribution in [2.24, 2.45) is 0 Å². The molecule has 3 N–H and O–H groups in total. The van der Waals surface area contributed by atoms with Crippen LogP contribution in [0.4, 0.5) is 5.69 Å². The van der Waals surface area contributed by atoms with Crippen LogP contribution in [0.25, 0.3) is 33.5 Å². The molecule has 2 aromatic carbocycles. The van der Waals surface area contributed by atoms with Crippen LogP contribution in [0.2, 0.25) is 0 Å². The Morgan fingerprint density at radius 3 is 2.46 bits per heavy atom. The number of nitro benzene ring substituents is 1. The number of carboxylic acids is 1. The van der Waals surface area contributed by atoms with Crippen LogP contribution >= 0.6 is 0 Å². The molecule has 4 aromatic rings. The van der Waals surface area contributed by atoms with Crippen molar-refractivity contribution >= 4 is 22.7 Å². The Balaban J connectivity index is 1.93. The van der Waals surface area contributed by atoms with E-state index < -0.39 is 10.9 Å². The molecule has 0 aliphatic heterocycles. The van der Waals surface area contributed by atoms with Crippen LogP contribution in [0.15, 0.2) is 54.6 Å². The minimum atomic E-state index is -1.19. The molecule has 0 saturated carbocycles. The van der Waals surface area contributed by atoms with Gasteiger partial charge in [-0.25, -0.2) is 9.78 Å². The number of nitro groups is 1. The molecule has 0 aliphatic carbocycles. The van der Waals surface area contributed by atoms with Crippen LogP contribution in [0.3, 0.4) is 0 Å². The van der Waals surface area contributed by atoms with E-state index >= 15 is 0 Å². The Hall–Kier alpha value is -4.27. The van der Waals surface area contributed by atoms with Crippen molar-refractivity contribution < 1.29 is 19.9 Å². The third-order valence-electron chi connectivity index (χ3n) is 4.30. The SMILES string of the molecule is O=C(O)c1cc(-c2ccccc2O)nc2n[nH]c(-c3ccc([N+](=O)[O-])cc3)c12. The molecule has 0 bridgehead atoms. The van der Waals surface area contributed by atoms with E-state index in [0.29, 0.717) is 16.8 Å². The summed E-state index contributed by atoms with van der Waals surface area (Å²) in [6, 6.07) is 13.5. The predicted octanol–water partition coefficient (Wildman–Crippen LogP) is 3.60. The maximum Gasteiger partial charge on any atom is 0.336 e. The molecule has 0 fully saturated rings. The number of hydrogen-bond donors (Lipinski definition) is 3. The van der Waals surface area contributed by atoms with Crippen molar-refractivity contribution in [3.05, 3.63) is 70.3 Å². The average molecular weight is 376 g/mol. The summed E-state index contributed by atoms with van der Waals surface area (Å²) < 4.78 is 0. The van der Waals surface area contributed by atoms with E-state index in [-0.39, 0.29) is 33.7 Å². The molecule has 138 valence electrons. The van der Waals surface area contributed by atoms with Gasteiger partial charge in [0.2, 0.25) is 0 Å². The number of phenolic OH excluding ortho intramolecular Hbond substituents is 1. The van der Waals surface area contributed by atoms with Gasteiger partial charge in [-0.2, -0.15) is 5.10 Å². The fraction of sp³-hybridized carbons (Fsp3) is 0. The molecule has 4 rings (SSSR count). The molecule has 0 spiro atoms. The van der Waals surface area contributed by atoms with Crippen LogP contribution in [-0.4, -0.2) is 36.3 Å². The predicted molar refractivity (Wildman–Crippen MR) is 100 cm³/mol. The molecule has 0 amide bonds. The Morgan fingerprint density at radius 1 is 1.11 bits per heavy atom. The number of phenols is 1. The summed E-state index contributed by atoms with van der Waals surface area (Å²) in [5.74, 6) is -1.22. The van der Waals surface area contributed by atoms with E-state index in [4.69, 9.17) is 0 Å². The number of aromatic nitrogens is 3. The topological polar surface area (TPSA) is 142 Å². The van der Waals surface area contributed by atoms with Crippen LogP contribution in [0.1, 0.15) is 10.4 Å². The van der Waals surface area contributed by atoms with Gasteiger partial charge in [0, 0.05) is 23.3 Å². The van der Waals surface area contributed by atoms with Crippen LogP contribution in [-0.2, 0) is 0 Å².